The molecular formula is C19H21BN2O4S. The van der Waals surface area contributed by atoms with Gasteiger partial charge in [-0.3, -0.25) is 4.98 Å². The second kappa shape index (κ2) is 5.92. The molecule has 8 heteroatoms. The minimum Gasteiger partial charge on any atom is -0.399 e. The van der Waals surface area contributed by atoms with E-state index in [0.717, 1.165) is 0 Å². The normalized spacial score (nSPS) is 18.9. The van der Waals surface area contributed by atoms with Gasteiger partial charge in [-0.05, 0) is 52.0 Å². The van der Waals surface area contributed by atoms with E-state index < -0.39 is 28.3 Å². The third kappa shape index (κ3) is 2.88. The molecule has 1 aliphatic rings. The minimum absolute atomic E-state index is 0.225. The van der Waals surface area contributed by atoms with Crippen molar-refractivity contribution in [2.75, 3.05) is 0 Å². The van der Waals surface area contributed by atoms with E-state index in [0.29, 0.717) is 16.5 Å². The summed E-state index contributed by atoms with van der Waals surface area (Å²) in [7, 11) is -4.32. The van der Waals surface area contributed by atoms with E-state index in [1.165, 1.54) is 10.2 Å². The molecule has 27 heavy (non-hydrogen) atoms. The van der Waals surface area contributed by atoms with Crippen LogP contribution in [0.5, 0.6) is 0 Å². The van der Waals surface area contributed by atoms with Crippen LogP contribution in [0.4, 0.5) is 0 Å². The Labute approximate surface area is 159 Å². The van der Waals surface area contributed by atoms with Crippen molar-refractivity contribution < 1.29 is 17.7 Å². The fraction of sp³-hybridized carbons (Fsp3) is 0.316. The van der Waals surface area contributed by atoms with Gasteiger partial charge in [-0.15, -0.1) is 0 Å². The second-order valence-corrected chi connectivity index (χ2v) is 9.51. The summed E-state index contributed by atoms with van der Waals surface area (Å²) in [5.74, 6) is 0. The zero-order valence-electron chi connectivity index (χ0n) is 15.7. The van der Waals surface area contributed by atoms with Crippen LogP contribution in [0.1, 0.15) is 27.7 Å². The number of fused-ring (bicyclic) bond motifs is 1. The molecule has 0 bridgehead atoms. The number of aromatic nitrogens is 2. The van der Waals surface area contributed by atoms with Gasteiger partial charge in [-0.2, -0.15) is 0 Å². The molecule has 0 unspecified atom stereocenters. The van der Waals surface area contributed by atoms with E-state index in [4.69, 9.17) is 9.31 Å². The van der Waals surface area contributed by atoms with E-state index in [-0.39, 0.29) is 4.90 Å². The molecule has 2 aromatic heterocycles. The van der Waals surface area contributed by atoms with Gasteiger partial charge in [0, 0.05) is 17.9 Å². The third-order valence-corrected chi connectivity index (χ3v) is 7.05. The summed E-state index contributed by atoms with van der Waals surface area (Å²) in [5.41, 5.74) is 0.806. The van der Waals surface area contributed by atoms with Crippen LogP contribution < -0.4 is 5.46 Å². The molecule has 0 amide bonds. The Hall–Kier alpha value is -2.16. The SMILES string of the molecule is CC1(C)OB(c2cnc3ccn(S(=O)(=O)c4ccccc4)c3c2)OC1(C)C. The largest absolute Gasteiger partial charge is 0.496 e. The number of hydrogen-bond donors (Lipinski definition) is 0. The zero-order valence-corrected chi connectivity index (χ0v) is 16.5. The van der Waals surface area contributed by atoms with Crippen LogP contribution in [0.2, 0.25) is 0 Å². The topological polar surface area (TPSA) is 70.4 Å². The van der Waals surface area contributed by atoms with Crippen molar-refractivity contribution in [1.82, 2.24) is 8.96 Å². The molecule has 0 spiro atoms. The second-order valence-electron chi connectivity index (χ2n) is 7.69. The van der Waals surface area contributed by atoms with Crippen molar-refractivity contribution in [3.8, 4) is 0 Å². The average Bonchev–Trinajstić information content (AvgIpc) is 3.13. The molecule has 3 aromatic rings. The molecule has 0 aliphatic carbocycles. The summed E-state index contributed by atoms with van der Waals surface area (Å²) >= 11 is 0. The highest BCUT2D eigenvalue weighted by molar-refractivity contribution is 7.90. The first kappa shape index (κ1) is 18.2. The van der Waals surface area contributed by atoms with Crippen LogP contribution in [0, 0.1) is 0 Å². The van der Waals surface area contributed by atoms with Gasteiger partial charge in [0.25, 0.3) is 10.0 Å². The monoisotopic (exact) mass is 384 g/mol. The van der Waals surface area contributed by atoms with Crippen molar-refractivity contribution in [2.45, 2.75) is 43.8 Å². The summed E-state index contributed by atoms with van der Waals surface area (Å²) in [6.07, 6.45) is 3.19. The van der Waals surface area contributed by atoms with Gasteiger partial charge in [0.15, 0.2) is 0 Å². The number of pyridine rings is 1. The Kier molecular flexibility index (Phi) is 4.00. The summed E-state index contributed by atoms with van der Waals surface area (Å²) in [6.45, 7) is 7.89. The summed E-state index contributed by atoms with van der Waals surface area (Å²) in [5, 5.41) is 0. The maximum absolute atomic E-state index is 13.0. The van der Waals surface area contributed by atoms with E-state index in [2.05, 4.69) is 4.98 Å². The van der Waals surface area contributed by atoms with Gasteiger partial charge >= 0.3 is 7.12 Å². The van der Waals surface area contributed by atoms with Crippen molar-refractivity contribution >= 4 is 33.6 Å². The third-order valence-electron chi connectivity index (χ3n) is 5.35. The summed E-state index contributed by atoms with van der Waals surface area (Å²) in [4.78, 5) is 4.63. The lowest BCUT2D eigenvalue weighted by Gasteiger charge is -2.32. The van der Waals surface area contributed by atoms with Crippen LogP contribution in [0.15, 0.2) is 59.8 Å². The fourth-order valence-electron chi connectivity index (χ4n) is 3.03. The quantitative estimate of drug-likeness (QED) is 0.650. The van der Waals surface area contributed by atoms with E-state index in [1.807, 2.05) is 27.7 Å². The minimum atomic E-state index is -3.71. The van der Waals surface area contributed by atoms with Crippen LogP contribution >= 0.6 is 0 Å². The summed E-state index contributed by atoms with van der Waals surface area (Å²) < 4.78 is 39.4. The Bertz CT molecular complexity index is 1090. The van der Waals surface area contributed by atoms with Crippen molar-refractivity contribution in [1.29, 1.82) is 0 Å². The molecule has 0 N–H and O–H groups in total. The molecule has 1 saturated heterocycles. The molecule has 0 saturated carbocycles. The molecule has 1 aromatic carbocycles. The Morgan fingerprint density at radius 2 is 1.63 bits per heavy atom. The first-order chi connectivity index (χ1) is 12.6. The number of hydrogen-bond acceptors (Lipinski definition) is 5. The van der Waals surface area contributed by atoms with Gasteiger partial charge in [0.1, 0.15) is 0 Å². The Balaban J connectivity index is 1.80. The molecule has 140 valence electrons. The smallest absolute Gasteiger partial charge is 0.399 e. The molecule has 4 rings (SSSR count). The van der Waals surface area contributed by atoms with Crippen LogP contribution in [-0.4, -0.2) is 35.7 Å². The predicted octanol–water partition coefficient (Wildman–Crippen LogP) is 2.57. The molecular weight excluding hydrogens is 363 g/mol. The molecule has 0 atom stereocenters. The van der Waals surface area contributed by atoms with Crippen LogP contribution in [0.3, 0.4) is 0 Å². The van der Waals surface area contributed by atoms with Gasteiger partial charge in [0.2, 0.25) is 0 Å². The molecule has 1 aliphatic heterocycles. The molecule has 0 radical (unpaired) electrons. The Morgan fingerprint density at radius 1 is 1.00 bits per heavy atom. The maximum atomic E-state index is 13.0. The molecule has 3 heterocycles. The number of nitrogens with zero attached hydrogens (tertiary/aromatic N) is 2. The van der Waals surface area contributed by atoms with Gasteiger partial charge in [-0.25, -0.2) is 12.4 Å². The zero-order chi connectivity index (χ0) is 19.4. The fourth-order valence-corrected chi connectivity index (χ4v) is 4.38. The molecule has 1 fully saturated rings. The van der Waals surface area contributed by atoms with E-state index >= 15 is 0 Å². The highest BCUT2D eigenvalue weighted by Gasteiger charge is 2.51. The lowest BCUT2D eigenvalue weighted by atomic mass is 9.80. The summed E-state index contributed by atoms with van der Waals surface area (Å²) in [6, 6.07) is 11.8. The first-order valence-corrected chi connectivity index (χ1v) is 10.2. The predicted molar refractivity (Wildman–Crippen MR) is 104 cm³/mol. The highest BCUT2D eigenvalue weighted by atomic mass is 32.2. The van der Waals surface area contributed by atoms with E-state index in [9.17, 15) is 8.42 Å². The highest BCUT2D eigenvalue weighted by Crippen LogP contribution is 2.36. The van der Waals surface area contributed by atoms with Crippen molar-refractivity contribution in [3.63, 3.8) is 0 Å². The number of rotatable bonds is 3. The average molecular weight is 384 g/mol. The van der Waals surface area contributed by atoms with Crippen molar-refractivity contribution in [2.24, 2.45) is 0 Å². The van der Waals surface area contributed by atoms with E-state index in [1.54, 1.807) is 48.7 Å². The van der Waals surface area contributed by atoms with Crippen LogP contribution in [-0.2, 0) is 19.3 Å². The van der Waals surface area contributed by atoms with Gasteiger partial charge in [0.05, 0.1) is 27.1 Å². The lowest BCUT2D eigenvalue weighted by Crippen LogP contribution is -2.41. The van der Waals surface area contributed by atoms with Crippen LogP contribution in [0.25, 0.3) is 11.0 Å². The first-order valence-electron chi connectivity index (χ1n) is 8.75. The Morgan fingerprint density at radius 3 is 2.26 bits per heavy atom. The maximum Gasteiger partial charge on any atom is 0.496 e. The standard InChI is InChI=1S/C19H21BN2O4S/c1-18(2)19(3,4)26-20(25-18)14-12-17-16(21-13-14)10-11-22(17)27(23,24)15-8-6-5-7-9-15/h5-13H,1-4H3. The lowest BCUT2D eigenvalue weighted by molar-refractivity contribution is 0.00578. The number of benzene rings is 1. The van der Waals surface area contributed by atoms with Gasteiger partial charge in [-0.1, -0.05) is 18.2 Å². The molecule has 6 nitrogen and oxygen atoms in total. The van der Waals surface area contributed by atoms with Crippen molar-refractivity contribution in [3.05, 3.63) is 54.9 Å². The van der Waals surface area contributed by atoms with Gasteiger partial charge < -0.3 is 9.31 Å².